The summed E-state index contributed by atoms with van der Waals surface area (Å²) in [4.78, 5) is 24.4. The third kappa shape index (κ3) is 2.28. The van der Waals surface area contributed by atoms with E-state index in [-0.39, 0.29) is 29.6 Å². The van der Waals surface area contributed by atoms with Gasteiger partial charge in [0.25, 0.3) is 0 Å². The summed E-state index contributed by atoms with van der Waals surface area (Å²) in [7, 11) is -3.33. The highest BCUT2D eigenvalue weighted by Gasteiger charge is 2.29. The molecule has 0 saturated carbocycles. The number of rotatable bonds is 2. The van der Waals surface area contributed by atoms with E-state index >= 15 is 0 Å². The lowest BCUT2D eigenvalue weighted by Gasteiger charge is -2.18. The Balaban J connectivity index is 2.51. The van der Waals surface area contributed by atoms with Crippen LogP contribution in [-0.4, -0.2) is 32.9 Å². The molecule has 0 aliphatic carbocycles. The number of ketones is 1. The molecule has 1 heterocycles. The maximum atomic E-state index is 11.7. The molecule has 0 radical (unpaired) electrons. The van der Waals surface area contributed by atoms with E-state index in [0.29, 0.717) is 5.69 Å². The summed E-state index contributed by atoms with van der Waals surface area (Å²) in [5.41, 5.74) is 1.26. The molecule has 5 nitrogen and oxygen atoms in total. The summed E-state index contributed by atoms with van der Waals surface area (Å²) in [5.74, 6) is -0.432. The van der Waals surface area contributed by atoms with E-state index in [4.69, 9.17) is 0 Å². The summed E-state index contributed by atoms with van der Waals surface area (Å²) >= 11 is 0. The van der Waals surface area contributed by atoms with Crippen LogP contribution < -0.4 is 4.90 Å². The molecule has 0 bridgehead atoms. The molecule has 6 heteroatoms. The Morgan fingerprint density at radius 1 is 1.22 bits per heavy atom. The largest absolute Gasteiger partial charge is 0.304 e. The van der Waals surface area contributed by atoms with Crippen molar-refractivity contribution in [3.63, 3.8) is 0 Å². The second-order valence-corrected chi connectivity index (χ2v) is 6.43. The molecule has 0 unspecified atom stereocenters. The van der Waals surface area contributed by atoms with Gasteiger partial charge >= 0.3 is 0 Å². The second-order valence-electron chi connectivity index (χ2n) is 4.42. The Morgan fingerprint density at radius 3 is 2.39 bits per heavy atom. The van der Waals surface area contributed by atoms with Crippen LogP contribution in [0.4, 0.5) is 5.69 Å². The Morgan fingerprint density at radius 2 is 1.89 bits per heavy atom. The van der Waals surface area contributed by atoms with E-state index < -0.39 is 9.84 Å². The molecular formula is C12H13NO4S. The summed E-state index contributed by atoms with van der Waals surface area (Å²) in [6.45, 7) is 1.80. The molecule has 1 aliphatic heterocycles. The number of benzene rings is 1. The lowest BCUT2D eigenvalue weighted by Crippen LogP contribution is -2.25. The van der Waals surface area contributed by atoms with Crippen molar-refractivity contribution in [2.75, 3.05) is 17.7 Å². The first-order valence-corrected chi connectivity index (χ1v) is 7.31. The smallest absolute Gasteiger partial charge is 0.234 e. The molecule has 2 rings (SSSR count). The van der Waals surface area contributed by atoms with Crippen molar-refractivity contribution in [3.8, 4) is 0 Å². The van der Waals surface area contributed by atoms with Crippen molar-refractivity contribution in [2.45, 2.75) is 18.2 Å². The number of aryl methyl sites for hydroxylation is 1. The zero-order valence-electron chi connectivity index (χ0n) is 10.1. The number of amides is 1. The number of hydrogen-bond acceptors (Lipinski definition) is 4. The van der Waals surface area contributed by atoms with Gasteiger partial charge in [0.15, 0.2) is 15.6 Å². The number of sulfone groups is 1. The van der Waals surface area contributed by atoms with Crippen LogP contribution in [-0.2, 0) is 19.4 Å². The number of carbonyl (C=O) groups is 2. The summed E-state index contributed by atoms with van der Waals surface area (Å²) < 4.78 is 23.0. The number of carbonyl (C=O) groups excluding carboxylic acids is 2. The zero-order valence-corrected chi connectivity index (χ0v) is 11.0. The van der Waals surface area contributed by atoms with Crippen molar-refractivity contribution in [2.24, 2.45) is 0 Å². The van der Waals surface area contributed by atoms with Gasteiger partial charge in [0.1, 0.15) is 0 Å². The van der Waals surface area contributed by atoms with Gasteiger partial charge < -0.3 is 4.90 Å². The molecule has 1 aromatic carbocycles. The first kappa shape index (κ1) is 12.8. The Bertz CT molecular complexity index is 633. The molecule has 1 amide bonds. The second kappa shape index (κ2) is 4.20. The predicted molar refractivity (Wildman–Crippen MR) is 66.3 cm³/mol. The van der Waals surface area contributed by atoms with E-state index in [1.54, 1.807) is 13.0 Å². The monoisotopic (exact) mass is 267 g/mol. The summed E-state index contributed by atoms with van der Waals surface area (Å²) in [6.07, 6.45) is 1.00. The van der Waals surface area contributed by atoms with Crippen molar-refractivity contribution in [3.05, 3.63) is 23.8 Å². The van der Waals surface area contributed by atoms with Crippen LogP contribution in [0.3, 0.4) is 0 Å². The average Bonchev–Trinajstić information content (AvgIpc) is 2.56. The normalized spacial score (nSPS) is 16.4. The number of nitrogens with zero attached hydrogens (tertiary/aromatic N) is 1. The maximum absolute atomic E-state index is 11.7. The highest BCUT2D eigenvalue weighted by Crippen LogP contribution is 2.26. The van der Waals surface area contributed by atoms with Crippen LogP contribution in [0.1, 0.15) is 12.0 Å². The molecule has 0 atom stereocenters. The summed E-state index contributed by atoms with van der Waals surface area (Å²) in [5, 5.41) is 0. The van der Waals surface area contributed by atoms with Gasteiger partial charge in [0, 0.05) is 11.9 Å². The fourth-order valence-corrected chi connectivity index (χ4v) is 2.56. The number of anilines is 1. The molecule has 1 aliphatic rings. The van der Waals surface area contributed by atoms with E-state index in [9.17, 15) is 18.0 Å². The molecule has 18 heavy (non-hydrogen) atoms. The van der Waals surface area contributed by atoms with Gasteiger partial charge in [0.2, 0.25) is 5.91 Å². The van der Waals surface area contributed by atoms with Crippen molar-refractivity contribution in [1.29, 1.82) is 0 Å². The zero-order chi connectivity index (χ0) is 13.5. The van der Waals surface area contributed by atoms with Crippen LogP contribution in [0, 0.1) is 6.92 Å². The third-order valence-corrected chi connectivity index (χ3v) is 3.99. The van der Waals surface area contributed by atoms with Gasteiger partial charge in [-0.1, -0.05) is 6.07 Å². The third-order valence-electron chi connectivity index (χ3n) is 2.88. The van der Waals surface area contributed by atoms with Crippen molar-refractivity contribution < 1.29 is 18.0 Å². The quantitative estimate of drug-likeness (QED) is 0.740. The van der Waals surface area contributed by atoms with Crippen LogP contribution in [0.5, 0.6) is 0 Å². The van der Waals surface area contributed by atoms with Crippen LogP contribution in [0.2, 0.25) is 0 Å². The molecule has 0 N–H and O–H groups in total. The van der Waals surface area contributed by atoms with Gasteiger partial charge in [-0.05, 0) is 24.6 Å². The van der Waals surface area contributed by atoms with E-state index in [0.717, 1.165) is 11.8 Å². The fourth-order valence-electron chi connectivity index (χ4n) is 1.91. The van der Waals surface area contributed by atoms with Crippen LogP contribution in [0.15, 0.2) is 23.1 Å². The average molecular weight is 267 g/mol. The van der Waals surface area contributed by atoms with E-state index in [1.165, 1.54) is 17.0 Å². The minimum atomic E-state index is -3.33. The van der Waals surface area contributed by atoms with Crippen LogP contribution in [0.25, 0.3) is 0 Å². The first-order valence-electron chi connectivity index (χ1n) is 5.42. The van der Waals surface area contributed by atoms with Gasteiger partial charge in [0.05, 0.1) is 17.9 Å². The molecule has 96 valence electrons. The first-order chi connectivity index (χ1) is 8.29. The highest BCUT2D eigenvalue weighted by atomic mass is 32.2. The highest BCUT2D eigenvalue weighted by molar-refractivity contribution is 7.90. The Kier molecular flexibility index (Phi) is 2.98. The Hall–Kier alpha value is -1.69. The molecule has 1 fully saturated rings. The van der Waals surface area contributed by atoms with Crippen molar-refractivity contribution in [1.82, 2.24) is 0 Å². The van der Waals surface area contributed by atoms with E-state index in [2.05, 4.69) is 0 Å². The van der Waals surface area contributed by atoms with Gasteiger partial charge in [-0.2, -0.15) is 0 Å². The topological polar surface area (TPSA) is 71.5 Å². The Labute approximate surface area is 105 Å². The van der Waals surface area contributed by atoms with Crippen LogP contribution >= 0.6 is 0 Å². The minimum absolute atomic E-state index is 0.0207. The molecule has 1 saturated heterocycles. The molecule has 1 aromatic rings. The molecule has 0 aromatic heterocycles. The number of hydrogen-bond donors (Lipinski definition) is 0. The predicted octanol–water partition coefficient (Wildman–Crippen LogP) is 0.704. The van der Waals surface area contributed by atoms with Crippen molar-refractivity contribution >= 4 is 27.2 Å². The fraction of sp³-hybridized carbons (Fsp3) is 0.333. The lowest BCUT2D eigenvalue weighted by molar-refractivity contribution is -0.121. The molecule has 0 spiro atoms. The summed E-state index contributed by atoms with van der Waals surface area (Å²) in [6, 6.07) is 4.58. The van der Waals surface area contributed by atoms with E-state index in [1.807, 2.05) is 0 Å². The SMILES string of the molecule is Cc1ccc(S(C)(=O)=O)cc1N1CC(=O)CC1=O. The van der Waals surface area contributed by atoms with Gasteiger partial charge in [-0.15, -0.1) is 0 Å². The minimum Gasteiger partial charge on any atom is -0.304 e. The lowest BCUT2D eigenvalue weighted by atomic mass is 10.2. The molecular weight excluding hydrogens is 254 g/mol. The number of Topliss-reactive ketones (excluding diaryl/α,β-unsaturated/α-hetero) is 1. The van der Waals surface area contributed by atoms with Gasteiger partial charge in [-0.25, -0.2) is 8.42 Å². The maximum Gasteiger partial charge on any atom is 0.234 e. The standard InChI is InChI=1S/C12H13NO4S/c1-8-3-4-10(18(2,16)17)6-11(8)13-7-9(14)5-12(13)15/h3-4,6H,5,7H2,1-2H3. The van der Waals surface area contributed by atoms with Gasteiger partial charge in [-0.3, -0.25) is 9.59 Å².